The number of epoxide rings is 1. The van der Waals surface area contributed by atoms with Crippen LogP contribution >= 0.6 is 0 Å². The van der Waals surface area contributed by atoms with Gasteiger partial charge in [0.15, 0.2) is 5.78 Å². The Morgan fingerprint density at radius 2 is 1.78 bits per heavy atom. The van der Waals surface area contributed by atoms with Gasteiger partial charge in [-0.05, 0) is 61.2 Å². The van der Waals surface area contributed by atoms with Crippen LogP contribution in [0.3, 0.4) is 0 Å². The van der Waals surface area contributed by atoms with E-state index in [1.807, 2.05) is 32.9 Å². The molecule has 2 saturated heterocycles. The van der Waals surface area contributed by atoms with E-state index in [9.17, 15) is 19.5 Å². The van der Waals surface area contributed by atoms with Crippen molar-refractivity contribution in [2.45, 2.75) is 104 Å². The van der Waals surface area contributed by atoms with Crippen molar-refractivity contribution in [1.82, 2.24) is 0 Å². The number of fused-ring (bicyclic) bond motifs is 3. The van der Waals surface area contributed by atoms with Gasteiger partial charge in [0.05, 0.1) is 18.1 Å². The van der Waals surface area contributed by atoms with Crippen LogP contribution in [0.5, 0.6) is 0 Å². The molecule has 2 aliphatic heterocycles. The van der Waals surface area contributed by atoms with Crippen LogP contribution in [0.4, 0.5) is 0 Å². The molecular weight excluding hydrogens is 456 g/mol. The number of ether oxygens (including phenoxy) is 2. The highest BCUT2D eigenvalue weighted by atomic mass is 16.6. The Kier molecular flexibility index (Phi) is 4.76. The molecule has 6 heteroatoms. The topological polar surface area (TPSA) is 93.2 Å². The SMILES string of the molecule is C/C(=C\[C@@H]1C[C@H](C)C(=O)O1)[C@H]1C[C@H](O)[C@]2(C)[C@]1(C)C(=O)C=C1[C@@]3(C)CCC(=O)C(C)(C)[C@@H]3C[C@H]3O[C@@]132. The molecule has 5 fully saturated rings. The third-order valence-corrected chi connectivity index (χ3v) is 12.1. The van der Waals surface area contributed by atoms with Gasteiger partial charge in [-0.15, -0.1) is 0 Å². The highest BCUT2D eigenvalue weighted by Crippen LogP contribution is 2.79. The molecule has 0 aromatic carbocycles. The number of allylic oxidation sites excluding steroid dienone is 2. The summed E-state index contributed by atoms with van der Waals surface area (Å²) in [6.45, 7) is 14.3. The standard InChI is InChI=1S/C30H40O6/c1-15(10-17-11-16(2)25(34)35-17)18-12-23(33)29(7)28(18,6)22(32)13-20-27(5)9-8-21(31)26(3,4)19(27)14-24-30(20,29)36-24/h10,13,16-19,23-24,33H,8-9,11-12,14H2,1-7H3/b15-10+/t16-,17+,18+,19-,23-,24+,27-,28-,29+,30-/m0/s1. The molecule has 0 aromatic rings. The molecule has 0 aromatic heterocycles. The Hall–Kier alpha value is -1.79. The van der Waals surface area contributed by atoms with Crippen LogP contribution in [-0.2, 0) is 23.9 Å². The lowest BCUT2D eigenvalue weighted by Crippen LogP contribution is -2.65. The molecule has 10 atom stereocenters. The van der Waals surface area contributed by atoms with E-state index in [4.69, 9.17) is 9.47 Å². The number of hydrogen-bond donors (Lipinski definition) is 1. The Morgan fingerprint density at radius 3 is 2.42 bits per heavy atom. The van der Waals surface area contributed by atoms with E-state index in [0.29, 0.717) is 31.5 Å². The summed E-state index contributed by atoms with van der Waals surface area (Å²) < 4.78 is 12.2. The van der Waals surface area contributed by atoms with E-state index in [0.717, 1.165) is 17.6 Å². The van der Waals surface area contributed by atoms with Gasteiger partial charge in [0.1, 0.15) is 17.5 Å². The molecule has 0 amide bonds. The van der Waals surface area contributed by atoms with Gasteiger partial charge in [0.25, 0.3) is 0 Å². The highest BCUT2D eigenvalue weighted by Gasteiger charge is 2.85. The fourth-order valence-corrected chi connectivity index (χ4v) is 9.68. The predicted molar refractivity (Wildman–Crippen MR) is 133 cm³/mol. The lowest BCUT2D eigenvalue weighted by atomic mass is 9.40. The van der Waals surface area contributed by atoms with Gasteiger partial charge in [0, 0.05) is 29.1 Å². The molecule has 3 saturated carbocycles. The minimum absolute atomic E-state index is 0.0440. The molecule has 2 heterocycles. The Morgan fingerprint density at radius 1 is 1.08 bits per heavy atom. The molecule has 4 aliphatic carbocycles. The van der Waals surface area contributed by atoms with Crippen molar-refractivity contribution < 1.29 is 29.0 Å². The molecule has 6 aliphatic rings. The lowest BCUT2D eigenvalue weighted by molar-refractivity contribution is -0.148. The van der Waals surface area contributed by atoms with Crippen LogP contribution < -0.4 is 0 Å². The number of Topliss-reactive ketones (excluding diaryl/α,β-unsaturated/α-hetero) is 1. The summed E-state index contributed by atoms with van der Waals surface area (Å²) in [5.74, 6) is -0.0404. The summed E-state index contributed by atoms with van der Waals surface area (Å²) in [6.07, 6.45) is 5.86. The Balaban J connectivity index is 1.45. The van der Waals surface area contributed by atoms with E-state index in [-0.39, 0.29) is 47.1 Å². The van der Waals surface area contributed by atoms with Crippen molar-refractivity contribution in [3.8, 4) is 0 Å². The van der Waals surface area contributed by atoms with E-state index in [2.05, 4.69) is 27.7 Å². The van der Waals surface area contributed by atoms with Gasteiger partial charge in [0.2, 0.25) is 0 Å². The summed E-state index contributed by atoms with van der Waals surface area (Å²) in [7, 11) is 0. The minimum atomic E-state index is -0.845. The zero-order valence-electron chi connectivity index (χ0n) is 22.6. The lowest BCUT2D eigenvalue weighted by Gasteiger charge is -2.60. The van der Waals surface area contributed by atoms with Crippen molar-refractivity contribution in [2.24, 2.45) is 39.4 Å². The maximum Gasteiger partial charge on any atom is 0.309 e. The average Bonchev–Trinajstić information content (AvgIpc) is 3.39. The number of hydrogen-bond acceptors (Lipinski definition) is 6. The van der Waals surface area contributed by atoms with E-state index >= 15 is 0 Å². The van der Waals surface area contributed by atoms with Crippen LogP contribution in [0.2, 0.25) is 0 Å². The second kappa shape index (κ2) is 6.99. The van der Waals surface area contributed by atoms with Crippen molar-refractivity contribution in [2.75, 3.05) is 0 Å². The highest BCUT2D eigenvalue weighted by molar-refractivity contribution is 6.00. The number of cyclic esters (lactones) is 1. The van der Waals surface area contributed by atoms with Crippen molar-refractivity contribution in [3.63, 3.8) is 0 Å². The van der Waals surface area contributed by atoms with Crippen LogP contribution in [0, 0.1) is 39.4 Å². The fraction of sp³-hybridized carbons (Fsp3) is 0.767. The zero-order chi connectivity index (χ0) is 26.2. The molecule has 1 spiro atoms. The molecule has 6 rings (SSSR count). The summed E-state index contributed by atoms with van der Waals surface area (Å²) in [6, 6.07) is 0. The number of carbonyl (C=O) groups is 3. The van der Waals surface area contributed by atoms with Gasteiger partial charge < -0.3 is 14.6 Å². The van der Waals surface area contributed by atoms with Crippen LogP contribution in [-0.4, -0.2) is 46.6 Å². The van der Waals surface area contributed by atoms with Crippen molar-refractivity contribution in [3.05, 3.63) is 23.3 Å². The number of aliphatic hydroxyl groups excluding tert-OH is 1. The molecule has 1 N–H and O–H groups in total. The normalized spacial score (nSPS) is 53.2. The number of carbonyl (C=O) groups excluding carboxylic acids is 3. The van der Waals surface area contributed by atoms with Crippen molar-refractivity contribution in [1.29, 1.82) is 0 Å². The molecule has 0 unspecified atom stereocenters. The van der Waals surface area contributed by atoms with Crippen LogP contribution in [0.25, 0.3) is 0 Å². The summed E-state index contributed by atoms with van der Waals surface area (Å²) in [5.41, 5.74) is -1.09. The first kappa shape index (κ1) is 24.5. The summed E-state index contributed by atoms with van der Waals surface area (Å²) in [5, 5.41) is 11.8. The van der Waals surface area contributed by atoms with Gasteiger partial charge in [-0.25, -0.2) is 0 Å². The Labute approximate surface area is 213 Å². The summed E-state index contributed by atoms with van der Waals surface area (Å²) in [4.78, 5) is 39.1. The molecule has 196 valence electrons. The second-order valence-electron chi connectivity index (χ2n) is 13.8. The first-order valence-electron chi connectivity index (χ1n) is 13.7. The van der Waals surface area contributed by atoms with Gasteiger partial charge in [-0.2, -0.15) is 0 Å². The maximum absolute atomic E-state index is 14.2. The van der Waals surface area contributed by atoms with Crippen LogP contribution in [0.15, 0.2) is 23.3 Å². The molecule has 0 radical (unpaired) electrons. The molecule has 36 heavy (non-hydrogen) atoms. The fourth-order valence-electron chi connectivity index (χ4n) is 9.68. The Bertz CT molecular complexity index is 1150. The number of aliphatic hydroxyl groups is 1. The quantitative estimate of drug-likeness (QED) is 0.347. The minimum Gasteiger partial charge on any atom is -0.458 e. The molecular formula is C30H40O6. The zero-order valence-corrected chi connectivity index (χ0v) is 22.6. The predicted octanol–water partition coefficient (Wildman–Crippen LogP) is 4.34. The van der Waals surface area contributed by atoms with E-state index < -0.39 is 27.9 Å². The third-order valence-electron chi connectivity index (χ3n) is 12.1. The van der Waals surface area contributed by atoms with Gasteiger partial charge in [-0.1, -0.05) is 47.1 Å². The van der Waals surface area contributed by atoms with E-state index in [1.54, 1.807) is 0 Å². The second-order valence-corrected chi connectivity index (χ2v) is 13.8. The van der Waals surface area contributed by atoms with E-state index in [1.165, 1.54) is 0 Å². The first-order chi connectivity index (χ1) is 16.7. The number of ketones is 2. The first-order valence-corrected chi connectivity index (χ1v) is 13.7. The monoisotopic (exact) mass is 496 g/mol. The largest absolute Gasteiger partial charge is 0.458 e. The van der Waals surface area contributed by atoms with Gasteiger partial charge in [-0.3, -0.25) is 14.4 Å². The van der Waals surface area contributed by atoms with Crippen molar-refractivity contribution >= 4 is 17.5 Å². The third kappa shape index (κ3) is 2.54. The molecule has 6 nitrogen and oxygen atoms in total. The number of rotatable bonds is 2. The van der Waals surface area contributed by atoms with Gasteiger partial charge >= 0.3 is 5.97 Å². The number of esters is 1. The maximum atomic E-state index is 14.2. The van der Waals surface area contributed by atoms with Crippen LogP contribution in [0.1, 0.15) is 80.6 Å². The average molecular weight is 497 g/mol. The summed E-state index contributed by atoms with van der Waals surface area (Å²) >= 11 is 0. The smallest absolute Gasteiger partial charge is 0.309 e. The molecule has 0 bridgehead atoms.